The van der Waals surface area contributed by atoms with E-state index in [4.69, 9.17) is 4.74 Å². The van der Waals surface area contributed by atoms with Crippen molar-refractivity contribution >= 4 is 17.7 Å². The number of thioether (sulfide) groups is 1. The third kappa shape index (κ3) is 7.05. The molecule has 14 heteroatoms. The van der Waals surface area contributed by atoms with E-state index in [0.717, 1.165) is 47.0 Å². The Balaban J connectivity index is 1.41. The maximum Gasteiger partial charge on any atom is 0.238 e. The van der Waals surface area contributed by atoms with E-state index in [2.05, 4.69) is 10.3 Å². The van der Waals surface area contributed by atoms with E-state index in [-0.39, 0.29) is 23.6 Å². The highest BCUT2D eigenvalue weighted by Crippen LogP contribution is 2.39. The maximum absolute atomic E-state index is 13.8. The molecule has 2 aliphatic rings. The SMILES string of the molecule is CN(CC1CC1)C(=O)[C@@H](S[C@@H]1O[C@H](CO)[C@H](O)[C@H](n2cc(-c3cc(F)c(F)c(F)c3)nn2)[C@H]1O)[C@@H](O)Cc1ccccc1. The molecular formula is C29H33F3N4O6S. The van der Waals surface area contributed by atoms with E-state index in [1.807, 2.05) is 30.3 Å². The number of ether oxygens (including phenoxy) is 1. The molecule has 5 rings (SSSR count). The zero-order valence-corrected chi connectivity index (χ0v) is 24.0. The van der Waals surface area contributed by atoms with Gasteiger partial charge in [-0.15, -0.1) is 16.9 Å². The molecule has 0 spiro atoms. The summed E-state index contributed by atoms with van der Waals surface area (Å²) in [5, 5.41) is 50.4. The zero-order valence-electron chi connectivity index (χ0n) is 23.2. The Hall–Kier alpha value is -3.01. The molecule has 0 unspecified atom stereocenters. The normalized spacial score (nSPS) is 25.3. The molecule has 1 saturated carbocycles. The van der Waals surface area contributed by atoms with Crippen molar-refractivity contribution in [2.45, 2.75) is 60.4 Å². The number of amides is 1. The first kappa shape index (κ1) is 31.4. The fourth-order valence-electron chi connectivity index (χ4n) is 5.17. The van der Waals surface area contributed by atoms with E-state index < -0.39 is 65.2 Å². The van der Waals surface area contributed by atoms with Crippen molar-refractivity contribution in [3.8, 4) is 11.3 Å². The zero-order chi connectivity index (χ0) is 30.8. The second-order valence-electron chi connectivity index (χ2n) is 11.0. The average Bonchev–Trinajstić information content (AvgIpc) is 3.67. The first-order valence-corrected chi connectivity index (χ1v) is 14.8. The lowest BCUT2D eigenvalue weighted by Crippen LogP contribution is -2.56. The van der Waals surface area contributed by atoms with Gasteiger partial charge in [0.1, 0.15) is 40.7 Å². The minimum Gasteiger partial charge on any atom is -0.394 e. The van der Waals surface area contributed by atoms with E-state index in [1.54, 1.807) is 11.9 Å². The molecule has 3 aromatic rings. The predicted molar refractivity (Wildman–Crippen MR) is 150 cm³/mol. The van der Waals surface area contributed by atoms with Gasteiger partial charge in [0.15, 0.2) is 17.5 Å². The lowest BCUT2D eigenvalue weighted by molar-refractivity contribution is -0.178. The standard InChI is InChI=1S/C29H33F3N4O6S/c1-35(12-16-7-8-16)28(41)27(21(38)9-15-5-3-2-4-6-15)43-29-26(40)24(25(39)22(14-37)42-29)36-13-20(33-34-36)17-10-18(30)23(32)19(31)11-17/h2-6,10-11,13,16,21-22,24-27,29,37-40H,7-9,12,14H2,1H3/t21-,22+,24-,25-,26+,27-,29-/m0/s1. The molecule has 0 bridgehead atoms. The Morgan fingerprint density at radius 2 is 1.81 bits per heavy atom. The van der Waals surface area contributed by atoms with E-state index in [0.29, 0.717) is 12.5 Å². The molecule has 43 heavy (non-hydrogen) atoms. The Bertz CT molecular complexity index is 1390. The van der Waals surface area contributed by atoms with Gasteiger partial charge in [-0.1, -0.05) is 35.5 Å². The molecule has 0 radical (unpaired) electrons. The van der Waals surface area contributed by atoms with Gasteiger partial charge in [-0.05, 0) is 42.9 Å². The average molecular weight is 623 g/mol. The summed E-state index contributed by atoms with van der Waals surface area (Å²) in [6.07, 6.45) is -2.04. The Morgan fingerprint density at radius 1 is 1.14 bits per heavy atom. The predicted octanol–water partition coefficient (Wildman–Crippen LogP) is 1.92. The van der Waals surface area contributed by atoms with Crippen LogP contribution in [0.4, 0.5) is 13.2 Å². The first-order chi connectivity index (χ1) is 20.6. The summed E-state index contributed by atoms with van der Waals surface area (Å²) < 4.78 is 48.0. The Kier molecular flexibility index (Phi) is 9.73. The van der Waals surface area contributed by atoms with Gasteiger partial charge < -0.3 is 30.1 Å². The molecule has 1 aliphatic carbocycles. The summed E-state index contributed by atoms with van der Waals surface area (Å²) in [6, 6.07) is 9.32. The van der Waals surface area contributed by atoms with Crippen LogP contribution in [0.1, 0.15) is 24.4 Å². The highest BCUT2D eigenvalue weighted by atomic mass is 32.2. The van der Waals surface area contributed by atoms with E-state index >= 15 is 0 Å². The number of carbonyl (C=O) groups excluding carboxylic acids is 1. The monoisotopic (exact) mass is 622 g/mol. The van der Waals surface area contributed by atoms with Crippen LogP contribution in [-0.2, 0) is 16.0 Å². The van der Waals surface area contributed by atoms with Gasteiger partial charge >= 0.3 is 0 Å². The van der Waals surface area contributed by atoms with Gasteiger partial charge in [-0.3, -0.25) is 4.79 Å². The number of hydrogen-bond donors (Lipinski definition) is 4. The van der Waals surface area contributed by atoms with Crippen LogP contribution in [0.2, 0.25) is 0 Å². The van der Waals surface area contributed by atoms with Crippen LogP contribution in [-0.4, -0.2) is 102 Å². The number of aliphatic hydroxyl groups excluding tert-OH is 4. The molecule has 2 fully saturated rings. The van der Waals surface area contributed by atoms with Crippen molar-refractivity contribution in [3.63, 3.8) is 0 Å². The van der Waals surface area contributed by atoms with Gasteiger partial charge in [0, 0.05) is 19.2 Å². The topological polar surface area (TPSA) is 141 Å². The number of hydrogen-bond acceptors (Lipinski definition) is 9. The van der Waals surface area contributed by atoms with Crippen molar-refractivity contribution in [3.05, 3.63) is 71.7 Å². The Labute approximate surface area is 250 Å². The van der Waals surface area contributed by atoms with Crippen molar-refractivity contribution in [1.82, 2.24) is 19.9 Å². The van der Waals surface area contributed by atoms with Crippen LogP contribution >= 0.6 is 11.8 Å². The van der Waals surface area contributed by atoms with Crippen molar-refractivity contribution in [2.24, 2.45) is 5.92 Å². The van der Waals surface area contributed by atoms with Crippen molar-refractivity contribution in [2.75, 3.05) is 20.2 Å². The maximum atomic E-state index is 13.8. The fraction of sp³-hybridized carbons (Fsp3) is 0.483. The molecule has 1 saturated heterocycles. The van der Waals surface area contributed by atoms with E-state index in [1.165, 1.54) is 6.20 Å². The van der Waals surface area contributed by atoms with Crippen LogP contribution in [0.15, 0.2) is 48.7 Å². The second kappa shape index (κ2) is 13.3. The summed E-state index contributed by atoms with van der Waals surface area (Å²) in [5.41, 5.74) is -0.612. The minimum atomic E-state index is -1.64. The number of aromatic nitrogens is 3. The van der Waals surface area contributed by atoms with Crippen LogP contribution in [0, 0.1) is 23.4 Å². The van der Waals surface area contributed by atoms with Crippen LogP contribution in [0.5, 0.6) is 0 Å². The third-order valence-corrected chi connectivity index (χ3v) is 9.18. The van der Waals surface area contributed by atoms with Gasteiger partial charge in [-0.25, -0.2) is 17.9 Å². The lowest BCUT2D eigenvalue weighted by atomic mass is 9.97. The molecule has 1 aromatic heterocycles. The molecule has 10 nitrogen and oxygen atoms in total. The van der Waals surface area contributed by atoms with Crippen LogP contribution in [0.3, 0.4) is 0 Å². The summed E-state index contributed by atoms with van der Waals surface area (Å²) in [7, 11) is 1.66. The molecular weight excluding hydrogens is 589 g/mol. The number of halogens is 3. The smallest absolute Gasteiger partial charge is 0.238 e. The van der Waals surface area contributed by atoms with Crippen LogP contribution < -0.4 is 0 Å². The number of rotatable bonds is 11. The number of nitrogens with zero attached hydrogens (tertiary/aromatic N) is 4. The first-order valence-electron chi connectivity index (χ1n) is 13.9. The fourth-order valence-corrected chi connectivity index (χ4v) is 6.56. The van der Waals surface area contributed by atoms with Gasteiger partial charge in [-0.2, -0.15) is 0 Å². The van der Waals surface area contributed by atoms with Gasteiger partial charge in [0.25, 0.3) is 0 Å². The molecule has 232 valence electrons. The van der Waals surface area contributed by atoms with Gasteiger partial charge in [0.2, 0.25) is 5.91 Å². The highest BCUT2D eigenvalue weighted by Gasteiger charge is 2.48. The van der Waals surface area contributed by atoms with Gasteiger partial charge in [0.05, 0.1) is 18.9 Å². The number of benzene rings is 2. The molecule has 4 N–H and O–H groups in total. The number of carbonyl (C=O) groups is 1. The van der Waals surface area contributed by atoms with Crippen molar-refractivity contribution < 1.29 is 43.1 Å². The molecule has 2 heterocycles. The summed E-state index contributed by atoms with van der Waals surface area (Å²) in [5.74, 6) is -4.46. The third-order valence-electron chi connectivity index (χ3n) is 7.71. The second-order valence-corrected chi connectivity index (χ2v) is 12.3. The summed E-state index contributed by atoms with van der Waals surface area (Å²) in [6.45, 7) is -0.126. The summed E-state index contributed by atoms with van der Waals surface area (Å²) >= 11 is 0.875. The van der Waals surface area contributed by atoms with Crippen LogP contribution in [0.25, 0.3) is 11.3 Å². The molecule has 7 atom stereocenters. The minimum absolute atomic E-state index is 0.0681. The quantitative estimate of drug-likeness (QED) is 0.236. The summed E-state index contributed by atoms with van der Waals surface area (Å²) in [4.78, 5) is 15.2. The largest absolute Gasteiger partial charge is 0.394 e. The van der Waals surface area contributed by atoms with Crippen molar-refractivity contribution in [1.29, 1.82) is 0 Å². The lowest BCUT2D eigenvalue weighted by Gasteiger charge is -2.43. The molecule has 1 aliphatic heterocycles. The Morgan fingerprint density at radius 3 is 2.44 bits per heavy atom. The molecule has 2 aromatic carbocycles. The molecule has 1 amide bonds. The highest BCUT2D eigenvalue weighted by molar-refractivity contribution is 8.01. The van der Waals surface area contributed by atoms with E-state index in [9.17, 15) is 38.4 Å². The number of aliphatic hydroxyl groups is 4.